The van der Waals surface area contributed by atoms with Crippen molar-refractivity contribution in [3.05, 3.63) is 34.9 Å². The second kappa shape index (κ2) is 5.35. The predicted octanol–water partition coefficient (Wildman–Crippen LogP) is 0.400. The third kappa shape index (κ3) is 3.12. The zero-order chi connectivity index (χ0) is 11.6. The van der Waals surface area contributed by atoms with Crippen LogP contribution in [0.25, 0.3) is 0 Å². The van der Waals surface area contributed by atoms with Crippen molar-refractivity contribution >= 4 is 36.8 Å². The summed E-state index contributed by atoms with van der Waals surface area (Å²) in [6, 6.07) is 2.70. The molecule has 1 aromatic rings. The molecule has 0 saturated heterocycles. The number of benzene rings is 1. The predicted molar refractivity (Wildman–Crippen MR) is 53.1 cm³/mol. The van der Waals surface area contributed by atoms with Crippen molar-refractivity contribution in [2.75, 3.05) is 0 Å². The van der Waals surface area contributed by atoms with Crippen LogP contribution >= 0.6 is 0 Å². The number of carbonyl (C=O) groups is 3. The van der Waals surface area contributed by atoms with Crippen LogP contribution in [0.1, 0.15) is 31.1 Å². The summed E-state index contributed by atoms with van der Waals surface area (Å²) in [6.07, 6.45) is 0. The van der Waals surface area contributed by atoms with Gasteiger partial charge in [0, 0.05) is 18.9 Å². The minimum Gasteiger partial charge on any atom is -0.478 e. The van der Waals surface area contributed by atoms with Gasteiger partial charge in [0.15, 0.2) is 0 Å². The van der Waals surface area contributed by atoms with Crippen LogP contribution in [0.2, 0.25) is 0 Å². The molecule has 7 heteroatoms. The molecule has 0 heterocycles. The van der Waals surface area contributed by atoms with Crippen LogP contribution in [0.3, 0.4) is 0 Å². The van der Waals surface area contributed by atoms with Crippen molar-refractivity contribution in [1.29, 1.82) is 0 Å². The summed E-state index contributed by atoms with van der Waals surface area (Å²) in [5.41, 5.74) is -1.10. The summed E-state index contributed by atoms with van der Waals surface area (Å²) in [6.45, 7) is 0. The van der Waals surface area contributed by atoms with E-state index in [-0.39, 0.29) is 35.6 Å². The Balaban J connectivity index is 0.00000225. The number of hydrogen-bond acceptors (Lipinski definition) is 3. The molecule has 0 aromatic heterocycles. The fourth-order valence-corrected chi connectivity index (χ4v) is 0.998. The van der Waals surface area contributed by atoms with Gasteiger partial charge in [0.1, 0.15) is 0 Å². The summed E-state index contributed by atoms with van der Waals surface area (Å²) < 4.78 is 0. The van der Waals surface area contributed by atoms with Gasteiger partial charge in [0.2, 0.25) is 0 Å². The maximum Gasteiger partial charge on any atom is 0.335 e. The van der Waals surface area contributed by atoms with Gasteiger partial charge < -0.3 is 15.3 Å². The van der Waals surface area contributed by atoms with Crippen LogP contribution in [0.15, 0.2) is 18.2 Å². The molecule has 0 amide bonds. The van der Waals surface area contributed by atoms with Crippen molar-refractivity contribution in [2.45, 2.75) is 0 Å². The van der Waals surface area contributed by atoms with E-state index in [0.29, 0.717) is 0 Å². The quantitative estimate of drug-likeness (QED) is 0.631. The Morgan fingerprint density at radius 1 is 0.688 bits per heavy atom. The molecule has 1 aromatic carbocycles. The van der Waals surface area contributed by atoms with Gasteiger partial charge in [0.25, 0.3) is 0 Å². The van der Waals surface area contributed by atoms with Crippen LogP contribution in [0, 0.1) is 0 Å². The van der Waals surface area contributed by atoms with E-state index in [1.807, 2.05) is 0 Å². The molecule has 1 rings (SSSR count). The van der Waals surface area contributed by atoms with E-state index >= 15 is 0 Å². The van der Waals surface area contributed by atoms with Gasteiger partial charge >= 0.3 is 17.9 Å². The molecule has 0 spiro atoms. The Labute approximate surface area is 102 Å². The zero-order valence-electron chi connectivity index (χ0n) is 8.30. The smallest absolute Gasteiger partial charge is 0.335 e. The van der Waals surface area contributed by atoms with E-state index in [0.717, 1.165) is 18.2 Å². The summed E-state index contributed by atoms with van der Waals surface area (Å²) in [7, 11) is 0. The zero-order valence-corrected chi connectivity index (χ0v) is 8.30. The first kappa shape index (κ1) is 14.2. The Morgan fingerprint density at radius 3 is 1.00 bits per heavy atom. The second-order valence-electron chi connectivity index (χ2n) is 2.71. The van der Waals surface area contributed by atoms with Crippen molar-refractivity contribution in [2.24, 2.45) is 0 Å². The molecule has 0 saturated carbocycles. The SMILES string of the molecule is O=C(O)c1cc(C(=O)O)cc(C(=O)O)c1.[Li]. The van der Waals surface area contributed by atoms with Crippen LogP contribution in [-0.2, 0) is 0 Å². The van der Waals surface area contributed by atoms with Crippen molar-refractivity contribution in [1.82, 2.24) is 0 Å². The molecule has 0 aliphatic heterocycles. The first-order valence-corrected chi connectivity index (χ1v) is 3.77. The Kier molecular flexibility index (Phi) is 4.76. The van der Waals surface area contributed by atoms with Crippen molar-refractivity contribution in [3.63, 3.8) is 0 Å². The van der Waals surface area contributed by atoms with Gasteiger partial charge in [-0.15, -0.1) is 0 Å². The number of rotatable bonds is 3. The van der Waals surface area contributed by atoms with E-state index in [1.165, 1.54) is 0 Å². The van der Waals surface area contributed by atoms with Gasteiger partial charge in [-0.3, -0.25) is 0 Å². The van der Waals surface area contributed by atoms with Gasteiger partial charge in [-0.05, 0) is 18.2 Å². The molecular formula is C9H6LiO6. The third-order valence-corrected chi connectivity index (χ3v) is 1.67. The van der Waals surface area contributed by atoms with E-state index < -0.39 is 17.9 Å². The van der Waals surface area contributed by atoms with Crippen molar-refractivity contribution < 1.29 is 29.7 Å². The molecule has 6 nitrogen and oxygen atoms in total. The molecule has 1 radical (unpaired) electrons. The number of carboxylic acid groups (broad SMARTS) is 3. The molecule has 3 N–H and O–H groups in total. The maximum absolute atomic E-state index is 10.6. The second-order valence-corrected chi connectivity index (χ2v) is 2.71. The monoisotopic (exact) mass is 217 g/mol. The van der Waals surface area contributed by atoms with Crippen LogP contribution in [0.4, 0.5) is 0 Å². The number of carboxylic acids is 3. The molecule has 16 heavy (non-hydrogen) atoms. The molecule has 0 atom stereocenters. The Hall–Kier alpha value is -1.77. The molecule has 0 fully saturated rings. The van der Waals surface area contributed by atoms with E-state index in [2.05, 4.69) is 0 Å². The molecular weight excluding hydrogens is 211 g/mol. The first-order chi connectivity index (χ1) is 6.91. The standard InChI is InChI=1S/C9H6O6.Li/c10-7(11)4-1-5(8(12)13)3-6(2-4)9(14)15;/h1-3H,(H,10,11)(H,12,13)(H,14,15);. The van der Waals surface area contributed by atoms with Crippen LogP contribution in [-0.4, -0.2) is 52.1 Å². The van der Waals surface area contributed by atoms with E-state index in [4.69, 9.17) is 15.3 Å². The first-order valence-electron chi connectivity index (χ1n) is 3.77. The fraction of sp³-hybridized carbons (Fsp3) is 0. The van der Waals surface area contributed by atoms with E-state index in [9.17, 15) is 14.4 Å². The summed E-state index contributed by atoms with van der Waals surface area (Å²) in [5.74, 6) is -4.12. The minimum absolute atomic E-state index is 0. The van der Waals surface area contributed by atoms with E-state index in [1.54, 1.807) is 0 Å². The van der Waals surface area contributed by atoms with Crippen LogP contribution in [0.5, 0.6) is 0 Å². The van der Waals surface area contributed by atoms with Crippen molar-refractivity contribution in [3.8, 4) is 0 Å². The fourth-order valence-electron chi connectivity index (χ4n) is 0.998. The normalized spacial score (nSPS) is 9.00. The number of hydrogen-bond donors (Lipinski definition) is 3. The Bertz CT molecular complexity index is 374. The molecule has 79 valence electrons. The van der Waals surface area contributed by atoms with Gasteiger partial charge in [-0.25, -0.2) is 14.4 Å². The molecule has 0 unspecified atom stereocenters. The summed E-state index contributed by atoms with van der Waals surface area (Å²) in [5, 5.41) is 25.8. The Morgan fingerprint density at radius 2 is 0.875 bits per heavy atom. The molecule has 0 bridgehead atoms. The largest absolute Gasteiger partial charge is 0.478 e. The summed E-state index contributed by atoms with van der Waals surface area (Å²) in [4.78, 5) is 31.7. The average molecular weight is 217 g/mol. The van der Waals surface area contributed by atoms with Gasteiger partial charge in [0.05, 0.1) is 16.7 Å². The molecule has 0 aliphatic carbocycles. The topological polar surface area (TPSA) is 112 Å². The third-order valence-electron chi connectivity index (χ3n) is 1.67. The maximum atomic E-state index is 10.6. The summed E-state index contributed by atoms with van der Waals surface area (Å²) >= 11 is 0. The number of aromatic carboxylic acids is 3. The van der Waals surface area contributed by atoms with Crippen LogP contribution < -0.4 is 0 Å². The van der Waals surface area contributed by atoms with Gasteiger partial charge in [-0.1, -0.05) is 0 Å². The molecule has 0 aliphatic rings. The minimum atomic E-state index is -1.37. The van der Waals surface area contributed by atoms with Gasteiger partial charge in [-0.2, -0.15) is 0 Å². The average Bonchev–Trinajstić information content (AvgIpc) is 2.16.